The third kappa shape index (κ3) is 5.08. The molecular formula is C24H33NO4. The van der Waals surface area contributed by atoms with Gasteiger partial charge in [-0.15, -0.1) is 6.58 Å². The van der Waals surface area contributed by atoms with Crippen molar-refractivity contribution < 1.29 is 19.4 Å². The van der Waals surface area contributed by atoms with Crippen LogP contribution in [0.15, 0.2) is 43.0 Å². The Morgan fingerprint density at radius 3 is 2.48 bits per heavy atom. The second kappa shape index (κ2) is 10.1. The number of carboxylic acid groups (broad SMARTS) is 1. The van der Waals surface area contributed by atoms with Crippen LogP contribution in [0.25, 0.3) is 0 Å². The molecule has 2 unspecified atom stereocenters. The average molecular weight is 400 g/mol. The largest absolute Gasteiger partial charge is 0.480 e. The Labute approximate surface area is 173 Å². The predicted molar refractivity (Wildman–Crippen MR) is 113 cm³/mol. The van der Waals surface area contributed by atoms with Gasteiger partial charge in [0.2, 0.25) is 0 Å². The molecule has 0 aromatic heterocycles. The lowest BCUT2D eigenvalue weighted by atomic mass is 9.68. The standard InChI is InChI=1S/C24H33NO4/c1-2-18-16-21(20(18)12-15-25-17-22(26)27)29-23(28)24(13-8-3-4-9-14-24)19-10-6-5-7-11-19/h2,5-7,10-11,18,20-21,25H,1,3-4,8-9,12-17H2,(H,26,27)/t18?,20?,21-/m0/s1. The van der Waals surface area contributed by atoms with E-state index in [1.54, 1.807) is 0 Å². The molecule has 5 nitrogen and oxygen atoms in total. The Kier molecular flexibility index (Phi) is 7.48. The molecule has 29 heavy (non-hydrogen) atoms. The molecule has 0 amide bonds. The van der Waals surface area contributed by atoms with Gasteiger partial charge >= 0.3 is 11.9 Å². The fraction of sp³-hybridized carbons (Fsp3) is 0.583. The average Bonchev–Trinajstić information content (AvgIpc) is 2.98. The van der Waals surface area contributed by atoms with E-state index in [1.807, 2.05) is 24.3 Å². The van der Waals surface area contributed by atoms with Crippen LogP contribution < -0.4 is 5.32 Å². The number of hydrogen-bond donors (Lipinski definition) is 2. The normalized spacial score (nSPS) is 26.0. The number of carboxylic acids is 1. The zero-order valence-electron chi connectivity index (χ0n) is 17.1. The Hall–Kier alpha value is -2.14. The van der Waals surface area contributed by atoms with Crippen molar-refractivity contribution in [3.05, 3.63) is 48.6 Å². The summed E-state index contributed by atoms with van der Waals surface area (Å²) in [6, 6.07) is 10.1. The van der Waals surface area contributed by atoms with Gasteiger partial charge in [-0.1, -0.05) is 62.1 Å². The van der Waals surface area contributed by atoms with E-state index in [4.69, 9.17) is 9.84 Å². The van der Waals surface area contributed by atoms with Crippen molar-refractivity contribution in [2.24, 2.45) is 11.8 Å². The summed E-state index contributed by atoms with van der Waals surface area (Å²) < 4.78 is 6.13. The van der Waals surface area contributed by atoms with E-state index in [2.05, 4.69) is 24.0 Å². The molecule has 158 valence electrons. The molecule has 0 radical (unpaired) electrons. The summed E-state index contributed by atoms with van der Waals surface area (Å²) in [5.41, 5.74) is 0.537. The third-order valence-electron chi connectivity index (χ3n) is 6.70. The molecule has 0 aliphatic heterocycles. The summed E-state index contributed by atoms with van der Waals surface area (Å²) in [4.78, 5) is 24.2. The number of esters is 1. The zero-order valence-corrected chi connectivity index (χ0v) is 17.1. The van der Waals surface area contributed by atoms with Crippen LogP contribution in [-0.2, 0) is 19.7 Å². The van der Waals surface area contributed by atoms with Crippen LogP contribution in [0.4, 0.5) is 0 Å². The summed E-state index contributed by atoms with van der Waals surface area (Å²) in [6.07, 6.45) is 9.54. The highest BCUT2D eigenvalue weighted by molar-refractivity contribution is 5.83. The van der Waals surface area contributed by atoms with E-state index in [-0.39, 0.29) is 24.5 Å². The number of rotatable bonds is 9. The van der Waals surface area contributed by atoms with Crippen molar-refractivity contribution in [2.45, 2.75) is 62.9 Å². The molecule has 2 aliphatic rings. The fourth-order valence-electron chi connectivity index (χ4n) is 4.92. The summed E-state index contributed by atoms with van der Waals surface area (Å²) in [5, 5.41) is 11.7. The second-order valence-corrected chi connectivity index (χ2v) is 8.46. The van der Waals surface area contributed by atoms with Crippen LogP contribution >= 0.6 is 0 Å². The van der Waals surface area contributed by atoms with E-state index < -0.39 is 11.4 Å². The molecule has 2 fully saturated rings. The predicted octanol–water partition coefficient (Wildman–Crippen LogP) is 4.08. The zero-order chi connectivity index (χ0) is 20.7. The number of allylic oxidation sites excluding steroid dienone is 1. The molecule has 2 N–H and O–H groups in total. The highest BCUT2D eigenvalue weighted by Gasteiger charge is 2.47. The van der Waals surface area contributed by atoms with Crippen molar-refractivity contribution >= 4 is 11.9 Å². The summed E-state index contributed by atoms with van der Waals surface area (Å²) >= 11 is 0. The molecule has 0 saturated heterocycles. The number of aliphatic carboxylic acids is 1. The minimum atomic E-state index is -0.861. The van der Waals surface area contributed by atoms with Gasteiger partial charge in [0.1, 0.15) is 6.10 Å². The van der Waals surface area contributed by atoms with Gasteiger partial charge in [-0.2, -0.15) is 0 Å². The molecule has 5 heteroatoms. The van der Waals surface area contributed by atoms with Gasteiger partial charge in [0.25, 0.3) is 0 Å². The number of nitrogens with one attached hydrogen (secondary N) is 1. The topological polar surface area (TPSA) is 75.6 Å². The van der Waals surface area contributed by atoms with Gasteiger partial charge in [-0.25, -0.2) is 0 Å². The number of benzene rings is 1. The Morgan fingerprint density at radius 1 is 1.17 bits per heavy atom. The van der Waals surface area contributed by atoms with Gasteiger partial charge in [0.05, 0.1) is 12.0 Å². The molecule has 0 spiro atoms. The number of ether oxygens (including phenoxy) is 1. The van der Waals surface area contributed by atoms with Gasteiger partial charge in [0.15, 0.2) is 0 Å². The lowest BCUT2D eigenvalue weighted by molar-refractivity contribution is -0.169. The maximum atomic E-state index is 13.5. The lowest BCUT2D eigenvalue weighted by Gasteiger charge is -2.44. The second-order valence-electron chi connectivity index (χ2n) is 8.46. The minimum absolute atomic E-state index is 0.0486. The maximum absolute atomic E-state index is 13.5. The van der Waals surface area contributed by atoms with E-state index >= 15 is 0 Å². The molecule has 1 aromatic carbocycles. The molecule has 2 aliphatic carbocycles. The molecule has 2 saturated carbocycles. The first-order valence-electron chi connectivity index (χ1n) is 10.9. The van der Waals surface area contributed by atoms with Crippen LogP contribution in [0.3, 0.4) is 0 Å². The molecule has 3 rings (SSSR count). The van der Waals surface area contributed by atoms with E-state index in [0.717, 1.165) is 44.1 Å². The first-order valence-corrected chi connectivity index (χ1v) is 10.9. The Morgan fingerprint density at radius 2 is 1.86 bits per heavy atom. The monoisotopic (exact) mass is 399 g/mol. The maximum Gasteiger partial charge on any atom is 0.317 e. The number of hydrogen-bond acceptors (Lipinski definition) is 4. The van der Waals surface area contributed by atoms with E-state index in [9.17, 15) is 9.59 Å². The first kappa shape index (κ1) is 21.6. The Bertz CT molecular complexity index is 694. The highest BCUT2D eigenvalue weighted by atomic mass is 16.5. The summed E-state index contributed by atoms with van der Waals surface area (Å²) in [5.74, 6) is -0.417. The number of carbonyl (C=O) groups excluding carboxylic acids is 1. The highest BCUT2D eigenvalue weighted by Crippen LogP contribution is 2.44. The molecule has 3 atom stereocenters. The van der Waals surface area contributed by atoms with Gasteiger partial charge < -0.3 is 15.2 Å². The first-order chi connectivity index (χ1) is 14.1. The van der Waals surface area contributed by atoms with Crippen LogP contribution in [-0.4, -0.2) is 36.2 Å². The Balaban J connectivity index is 1.68. The fourth-order valence-corrected chi connectivity index (χ4v) is 4.92. The molecular weight excluding hydrogens is 366 g/mol. The van der Waals surface area contributed by atoms with Crippen molar-refractivity contribution in [1.29, 1.82) is 0 Å². The molecule has 0 heterocycles. The van der Waals surface area contributed by atoms with E-state index in [0.29, 0.717) is 12.5 Å². The van der Waals surface area contributed by atoms with Crippen LogP contribution in [0.5, 0.6) is 0 Å². The lowest BCUT2D eigenvalue weighted by Crippen LogP contribution is -2.48. The molecule has 1 aromatic rings. The van der Waals surface area contributed by atoms with Crippen molar-refractivity contribution in [2.75, 3.05) is 13.1 Å². The quantitative estimate of drug-likeness (QED) is 0.283. The number of carbonyl (C=O) groups is 2. The van der Waals surface area contributed by atoms with Crippen molar-refractivity contribution in [3.8, 4) is 0 Å². The molecule has 0 bridgehead atoms. The van der Waals surface area contributed by atoms with Crippen LogP contribution in [0.1, 0.15) is 56.9 Å². The van der Waals surface area contributed by atoms with Crippen molar-refractivity contribution in [1.82, 2.24) is 5.32 Å². The summed E-state index contributed by atoms with van der Waals surface area (Å²) in [7, 11) is 0. The van der Waals surface area contributed by atoms with E-state index in [1.165, 1.54) is 12.8 Å². The minimum Gasteiger partial charge on any atom is -0.480 e. The van der Waals surface area contributed by atoms with Crippen molar-refractivity contribution in [3.63, 3.8) is 0 Å². The summed E-state index contributed by atoms with van der Waals surface area (Å²) in [6.45, 7) is 4.46. The van der Waals surface area contributed by atoms with Crippen LogP contribution in [0, 0.1) is 11.8 Å². The SMILES string of the molecule is C=CC1C[C@H](OC(=O)C2(c3ccccc3)CCCCCC2)C1CCNCC(=O)O. The van der Waals surface area contributed by atoms with Gasteiger partial charge in [-0.3, -0.25) is 9.59 Å². The van der Waals surface area contributed by atoms with Crippen LogP contribution in [0.2, 0.25) is 0 Å². The smallest absolute Gasteiger partial charge is 0.317 e. The van der Waals surface area contributed by atoms with Gasteiger partial charge in [-0.05, 0) is 43.7 Å². The third-order valence-corrected chi connectivity index (χ3v) is 6.70. The van der Waals surface area contributed by atoms with Gasteiger partial charge in [0, 0.05) is 5.92 Å².